The summed E-state index contributed by atoms with van der Waals surface area (Å²) in [6.45, 7) is 5.33. The van der Waals surface area contributed by atoms with Crippen LogP contribution in [0.3, 0.4) is 0 Å². The maximum Gasteiger partial charge on any atom is 0.131 e. The normalized spacial score (nSPS) is 15.7. The van der Waals surface area contributed by atoms with Gasteiger partial charge in [-0.25, -0.2) is 4.98 Å². The van der Waals surface area contributed by atoms with Gasteiger partial charge in [0.25, 0.3) is 0 Å². The molecule has 1 heterocycles. The molecule has 0 radical (unpaired) electrons. The Morgan fingerprint density at radius 3 is 2.93 bits per heavy atom. The molecule has 1 fully saturated rings. The van der Waals surface area contributed by atoms with Crippen LogP contribution in [0.5, 0.6) is 0 Å². The minimum absolute atomic E-state index is 0.618. The zero-order chi connectivity index (χ0) is 10.8. The minimum atomic E-state index is 0.618. The Morgan fingerprint density at radius 1 is 1.60 bits per heavy atom. The second kappa shape index (κ2) is 4.31. The molecule has 3 nitrogen and oxygen atoms in total. The highest BCUT2D eigenvalue weighted by Gasteiger charge is 2.25. The third-order valence-corrected chi connectivity index (χ3v) is 2.64. The number of rotatable bonds is 4. The van der Waals surface area contributed by atoms with Gasteiger partial charge < -0.3 is 10.3 Å². The molecule has 1 aliphatic carbocycles. The van der Waals surface area contributed by atoms with Crippen molar-refractivity contribution in [3.8, 4) is 0 Å². The summed E-state index contributed by atoms with van der Waals surface area (Å²) in [6, 6.07) is 1.89. The van der Waals surface area contributed by atoms with Gasteiger partial charge in [-0.3, -0.25) is 0 Å². The van der Waals surface area contributed by atoms with Crippen molar-refractivity contribution in [2.24, 2.45) is 5.92 Å². The molecular formula is C11H17N3S. The van der Waals surface area contributed by atoms with Gasteiger partial charge in [0, 0.05) is 18.5 Å². The van der Waals surface area contributed by atoms with Crippen molar-refractivity contribution in [1.82, 2.24) is 9.97 Å². The number of H-pyrrole nitrogens is 1. The Labute approximate surface area is 95.3 Å². The highest BCUT2D eigenvalue weighted by molar-refractivity contribution is 7.71. The molecule has 0 aliphatic heterocycles. The molecule has 1 saturated carbocycles. The van der Waals surface area contributed by atoms with E-state index in [2.05, 4.69) is 29.1 Å². The second-order valence-electron chi connectivity index (χ2n) is 4.57. The molecular weight excluding hydrogens is 206 g/mol. The number of nitrogens with one attached hydrogen (secondary N) is 2. The Morgan fingerprint density at radius 2 is 2.33 bits per heavy atom. The van der Waals surface area contributed by atoms with Gasteiger partial charge in [0.15, 0.2) is 0 Å². The first-order valence-corrected chi connectivity index (χ1v) is 5.91. The molecule has 0 amide bonds. The molecule has 0 bridgehead atoms. The number of aromatic amines is 1. The van der Waals surface area contributed by atoms with Gasteiger partial charge in [0.2, 0.25) is 0 Å². The Balaban J connectivity index is 2.12. The fraction of sp³-hybridized carbons (Fsp3) is 0.636. The molecule has 0 saturated heterocycles. The first-order chi connectivity index (χ1) is 7.15. The number of nitrogens with zero attached hydrogens (tertiary/aromatic N) is 1. The van der Waals surface area contributed by atoms with Gasteiger partial charge in [-0.1, -0.05) is 26.1 Å². The summed E-state index contributed by atoms with van der Waals surface area (Å²) >= 11 is 5.14. The average molecular weight is 223 g/mol. The van der Waals surface area contributed by atoms with E-state index in [1.54, 1.807) is 0 Å². The van der Waals surface area contributed by atoms with Gasteiger partial charge in [-0.05, 0) is 18.8 Å². The monoisotopic (exact) mass is 223 g/mol. The minimum Gasteiger partial charge on any atom is -0.371 e. The smallest absolute Gasteiger partial charge is 0.131 e. The summed E-state index contributed by atoms with van der Waals surface area (Å²) in [6.07, 6.45) is 2.48. The third-order valence-electron chi connectivity index (χ3n) is 2.43. The summed E-state index contributed by atoms with van der Waals surface area (Å²) in [4.78, 5) is 7.66. The van der Waals surface area contributed by atoms with Crippen molar-refractivity contribution < 1.29 is 0 Å². The number of hydrogen-bond donors (Lipinski definition) is 2. The van der Waals surface area contributed by atoms with E-state index in [9.17, 15) is 0 Å². The first kappa shape index (κ1) is 10.6. The number of anilines is 1. The van der Waals surface area contributed by atoms with Crippen molar-refractivity contribution in [3.05, 3.63) is 16.5 Å². The van der Waals surface area contributed by atoms with E-state index in [1.165, 1.54) is 12.8 Å². The van der Waals surface area contributed by atoms with Crippen LogP contribution >= 0.6 is 12.2 Å². The maximum absolute atomic E-state index is 5.14. The predicted octanol–water partition coefficient (Wildman–Crippen LogP) is 3.08. The maximum atomic E-state index is 5.14. The van der Waals surface area contributed by atoms with Crippen LogP contribution in [0.2, 0.25) is 0 Å². The molecule has 1 aliphatic rings. The van der Waals surface area contributed by atoms with Crippen LogP contribution in [0.25, 0.3) is 0 Å². The van der Waals surface area contributed by atoms with Crippen LogP contribution in [0.1, 0.15) is 38.4 Å². The fourth-order valence-corrected chi connectivity index (χ4v) is 1.65. The van der Waals surface area contributed by atoms with Gasteiger partial charge in [-0.15, -0.1) is 0 Å². The molecule has 2 rings (SSSR count). The summed E-state index contributed by atoms with van der Waals surface area (Å²) in [5.41, 5.74) is 0. The molecule has 0 atom stereocenters. The standard InChI is InChI=1S/C11H17N3S/c1-7(2)6-12-9-5-10(15)14-11(13-9)8-3-4-8/h5,7-8H,3-4,6H2,1-2H3,(H2,12,13,14,15). The van der Waals surface area contributed by atoms with Crippen LogP contribution < -0.4 is 5.32 Å². The lowest BCUT2D eigenvalue weighted by Crippen LogP contribution is -2.10. The SMILES string of the molecule is CC(C)CNc1cc(=S)nc(C2CC2)[nH]1. The van der Waals surface area contributed by atoms with Crippen molar-refractivity contribution in [2.75, 3.05) is 11.9 Å². The summed E-state index contributed by atoms with van der Waals surface area (Å²) < 4.78 is 0.682. The summed E-state index contributed by atoms with van der Waals surface area (Å²) in [5, 5.41) is 3.35. The van der Waals surface area contributed by atoms with Crippen molar-refractivity contribution in [1.29, 1.82) is 0 Å². The quantitative estimate of drug-likeness (QED) is 0.771. The highest BCUT2D eigenvalue weighted by atomic mass is 32.1. The van der Waals surface area contributed by atoms with Gasteiger partial charge in [-0.2, -0.15) is 0 Å². The molecule has 82 valence electrons. The average Bonchev–Trinajstić information content (AvgIpc) is 2.97. The summed E-state index contributed by atoms with van der Waals surface area (Å²) in [7, 11) is 0. The van der Waals surface area contributed by atoms with Crippen molar-refractivity contribution in [3.63, 3.8) is 0 Å². The predicted molar refractivity (Wildman–Crippen MR) is 64.7 cm³/mol. The molecule has 0 spiro atoms. The lowest BCUT2D eigenvalue weighted by atomic mass is 10.2. The van der Waals surface area contributed by atoms with Crippen molar-refractivity contribution in [2.45, 2.75) is 32.6 Å². The third kappa shape index (κ3) is 3.02. The molecule has 15 heavy (non-hydrogen) atoms. The van der Waals surface area contributed by atoms with Gasteiger partial charge >= 0.3 is 0 Å². The van der Waals surface area contributed by atoms with E-state index < -0.39 is 0 Å². The molecule has 0 unspecified atom stereocenters. The molecule has 1 aromatic rings. The molecule has 2 N–H and O–H groups in total. The van der Waals surface area contributed by atoms with Crippen LogP contribution in [-0.4, -0.2) is 16.5 Å². The summed E-state index contributed by atoms with van der Waals surface area (Å²) in [5.74, 6) is 3.30. The Bertz CT molecular complexity index is 393. The van der Waals surface area contributed by atoms with Gasteiger partial charge in [0.05, 0.1) is 0 Å². The van der Waals surface area contributed by atoms with Crippen LogP contribution in [-0.2, 0) is 0 Å². The van der Waals surface area contributed by atoms with Crippen molar-refractivity contribution >= 4 is 18.0 Å². The van der Waals surface area contributed by atoms with Crippen LogP contribution in [0.15, 0.2) is 6.07 Å². The zero-order valence-electron chi connectivity index (χ0n) is 9.21. The van der Waals surface area contributed by atoms with E-state index in [4.69, 9.17) is 12.2 Å². The highest BCUT2D eigenvalue weighted by Crippen LogP contribution is 2.38. The van der Waals surface area contributed by atoms with E-state index in [1.807, 2.05) is 6.07 Å². The largest absolute Gasteiger partial charge is 0.371 e. The van der Waals surface area contributed by atoms with E-state index >= 15 is 0 Å². The van der Waals surface area contributed by atoms with Crippen LogP contribution in [0, 0.1) is 10.6 Å². The lowest BCUT2D eigenvalue weighted by Gasteiger charge is -2.10. The van der Waals surface area contributed by atoms with Gasteiger partial charge in [0.1, 0.15) is 16.3 Å². The number of aromatic nitrogens is 2. The second-order valence-corrected chi connectivity index (χ2v) is 4.99. The molecule has 4 heteroatoms. The van der Waals surface area contributed by atoms with Crippen LogP contribution in [0.4, 0.5) is 5.82 Å². The molecule has 1 aromatic heterocycles. The Hall–Kier alpha value is -0.900. The topological polar surface area (TPSA) is 40.7 Å². The molecule has 0 aromatic carbocycles. The Kier molecular flexibility index (Phi) is 3.05. The first-order valence-electron chi connectivity index (χ1n) is 5.50. The number of hydrogen-bond acceptors (Lipinski definition) is 3. The lowest BCUT2D eigenvalue weighted by molar-refractivity contribution is 0.686. The van der Waals surface area contributed by atoms with E-state index in [0.29, 0.717) is 16.5 Å². The fourth-order valence-electron chi connectivity index (χ4n) is 1.44. The van der Waals surface area contributed by atoms with E-state index in [-0.39, 0.29) is 0 Å². The van der Waals surface area contributed by atoms with E-state index in [0.717, 1.165) is 18.2 Å². The zero-order valence-corrected chi connectivity index (χ0v) is 10.0.